The van der Waals surface area contributed by atoms with Crippen molar-refractivity contribution in [1.29, 1.82) is 0 Å². The molecule has 2 N–H and O–H groups in total. The fourth-order valence-corrected chi connectivity index (χ4v) is 1.98. The van der Waals surface area contributed by atoms with E-state index in [4.69, 9.17) is 4.74 Å². The molecule has 0 aromatic heterocycles. The van der Waals surface area contributed by atoms with E-state index in [0.29, 0.717) is 25.7 Å². The third-order valence-corrected chi connectivity index (χ3v) is 2.93. The highest BCUT2D eigenvalue weighted by Gasteiger charge is 2.22. The number of ether oxygens (including phenoxy) is 1. The molecule has 0 spiro atoms. The maximum Gasteiger partial charge on any atom is 0.234 e. The number of carbonyl (C=O) groups is 1. The highest BCUT2D eigenvalue weighted by molar-refractivity contribution is 5.78. The second kappa shape index (κ2) is 7.60. The largest absolute Gasteiger partial charge is 0.383 e. The molecule has 1 heterocycles. The molecule has 5 nitrogen and oxygen atoms in total. The molecule has 0 radical (unpaired) electrons. The van der Waals surface area contributed by atoms with Crippen LogP contribution in [0, 0.1) is 0 Å². The lowest BCUT2D eigenvalue weighted by atomic mass is 10.2. The number of hydrogen-bond acceptors (Lipinski definition) is 4. The van der Waals surface area contributed by atoms with Crippen LogP contribution in [0.25, 0.3) is 0 Å². The van der Waals surface area contributed by atoms with Crippen LogP contribution in [0.15, 0.2) is 0 Å². The minimum absolute atomic E-state index is 0.0887. The van der Waals surface area contributed by atoms with Gasteiger partial charge in [0.2, 0.25) is 5.91 Å². The Bertz CT molecular complexity index is 205. The second-order valence-corrected chi connectivity index (χ2v) is 4.05. The van der Waals surface area contributed by atoms with Crippen molar-refractivity contribution >= 4 is 5.91 Å². The maximum absolute atomic E-state index is 11.6. The summed E-state index contributed by atoms with van der Waals surface area (Å²) < 4.78 is 4.89. The summed E-state index contributed by atoms with van der Waals surface area (Å²) in [7, 11) is 1.63. The summed E-state index contributed by atoms with van der Waals surface area (Å²) in [6.07, 6.45) is 1.14. The maximum atomic E-state index is 11.6. The molecular formula is C11H23N3O2. The lowest BCUT2D eigenvalue weighted by molar-refractivity contribution is -0.122. The van der Waals surface area contributed by atoms with E-state index in [1.54, 1.807) is 7.11 Å². The Balaban J connectivity index is 2.23. The molecule has 0 aromatic carbocycles. The van der Waals surface area contributed by atoms with Gasteiger partial charge in [-0.25, -0.2) is 0 Å². The van der Waals surface area contributed by atoms with Gasteiger partial charge in [0.1, 0.15) is 0 Å². The van der Waals surface area contributed by atoms with Gasteiger partial charge in [0.25, 0.3) is 0 Å². The molecule has 1 fully saturated rings. The van der Waals surface area contributed by atoms with Crippen molar-refractivity contribution in [2.24, 2.45) is 0 Å². The Morgan fingerprint density at radius 3 is 3.00 bits per heavy atom. The van der Waals surface area contributed by atoms with Crippen molar-refractivity contribution in [3.63, 3.8) is 0 Å². The molecule has 0 saturated carbocycles. The molecule has 0 aliphatic carbocycles. The lowest BCUT2D eigenvalue weighted by Crippen LogP contribution is -2.44. The van der Waals surface area contributed by atoms with Gasteiger partial charge in [0.05, 0.1) is 13.2 Å². The molecule has 1 aliphatic heterocycles. The minimum Gasteiger partial charge on any atom is -0.383 e. The quantitative estimate of drug-likeness (QED) is 0.574. The molecule has 5 heteroatoms. The first kappa shape index (κ1) is 13.4. The van der Waals surface area contributed by atoms with Gasteiger partial charge in [-0.15, -0.1) is 0 Å². The van der Waals surface area contributed by atoms with E-state index >= 15 is 0 Å². The lowest BCUT2D eigenvalue weighted by Gasteiger charge is -2.26. The van der Waals surface area contributed by atoms with Crippen LogP contribution in [0.5, 0.6) is 0 Å². The average Bonchev–Trinajstić information content (AvgIpc) is 2.79. The van der Waals surface area contributed by atoms with Gasteiger partial charge in [0.15, 0.2) is 0 Å². The number of carbonyl (C=O) groups excluding carboxylic acids is 1. The van der Waals surface area contributed by atoms with E-state index in [-0.39, 0.29) is 5.91 Å². The topological polar surface area (TPSA) is 53.6 Å². The monoisotopic (exact) mass is 229 g/mol. The molecule has 1 amide bonds. The van der Waals surface area contributed by atoms with Crippen LogP contribution in [-0.2, 0) is 9.53 Å². The van der Waals surface area contributed by atoms with Crippen molar-refractivity contribution in [2.45, 2.75) is 19.4 Å². The molecule has 0 bridgehead atoms. The summed E-state index contributed by atoms with van der Waals surface area (Å²) in [4.78, 5) is 13.8. The molecular weight excluding hydrogens is 206 g/mol. The highest BCUT2D eigenvalue weighted by atomic mass is 16.5. The number of amides is 1. The van der Waals surface area contributed by atoms with E-state index in [1.807, 2.05) is 0 Å². The number of likely N-dealkylation sites (N-methyl/N-ethyl adjacent to an activating group) is 1. The molecule has 16 heavy (non-hydrogen) atoms. The highest BCUT2D eigenvalue weighted by Crippen LogP contribution is 2.07. The molecule has 1 aliphatic rings. The van der Waals surface area contributed by atoms with Crippen molar-refractivity contribution in [1.82, 2.24) is 15.5 Å². The van der Waals surface area contributed by atoms with Crippen LogP contribution in [0.2, 0.25) is 0 Å². The van der Waals surface area contributed by atoms with E-state index in [0.717, 1.165) is 26.1 Å². The van der Waals surface area contributed by atoms with Crippen LogP contribution in [-0.4, -0.2) is 63.3 Å². The molecule has 1 rings (SSSR count). The summed E-state index contributed by atoms with van der Waals surface area (Å²) in [5.41, 5.74) is 0. The zero-order valence-electron chi connectivity index (χ0n) is 10.3. The first-order valence-electron chi connectivity index (χ1n) is 5.98. The third-order valence-electron chi connectivity index (χ3n) is 2.93. The molecule has 0 aromatic rings. The van der Waals surface area contributed by atoms with Crippen LogP contribution in [0.4, 0.5) is 0 Å². The number of nitrogens with one attached hydrogen (secondary N) is 2. The Hall–Kier alpha value is -0.650. The van der Waals surface area contributed by atoms with Gasteiger partial charge in [-0.05, 0) is 19.5 Å². The summed E-state index contributed by atoms with van der Waals surface area (Å²) in [5.74, 6) is 0.0887. The predicted octanol–water partition coefficient (Wildman–Crippen LogP) is -0.567. The summed E-state index contributed by atoms with van der Waals surface area (Å²) in [6, 6.07) is 0.512. The molecule has 1 atom stereocenters. The van der Waals surface area contributed by atoms with Crippen LogP contribution in [0.3, 0.4) is 0 Å². The van der Waals surface area contributed by atoms with Crippen molar-refractivity contribution in [2.75, 3.05) is 46.4 Å². The number of nitrogens with zero attached hydrogens (tertiary/aromatic N) is 1. The molecule has 1 unspecified atom stereocenters. The Morgan fingerprint density at radius 2 is 2.44 bits per heavy atom. The molecule has 1 saturated heterocycles. The van der Waals surface area contributed by atoms with Crippen LogP contribution < -0.4 is 10.6 Å². The predicted molar refractivity (Wildman–Crippen MR) is 63.4 cm³/mol. The van der Waals surface area contributed by atoms with Gasteiger partial charge in [-0.1, -0.05) is 6.92 Å². The fraction of sp³-hybridized carbons (Fsp3) is 0.909. The molecule has 94 valence electrons. The first-order chi connectivity index (χ1) is 7.77. The van der Waals surface area contributed by atoms with E-state index < -0.39 is 0 Å². The van der Waals surface area contributed by atoms with Gasteiger partial charge in [-0.3, -0.25) is 9.69 Å². The van der Waals surface area contributed by atoms with Gasteiger partial charge >= 0.3 is 0 Å². The summed E-state index contributed by atoms with van der Waals surface area (Å²) in [6.45, 7) is 6.74. The Morgan fingerprint density at radius 1 is 1.62 bits per heavy atom. The van der Waals surface area contributed by atoms with Gasteiger partial charge < -0.3 is 15.4 Å². The van der Waals surface area contributed by atoms with Crippen molar-refractivity contribution in [3.8, 4) is 0 Å². The smallest absolute Gasteiger partial charge is 0.234 e. The summed E-state index contributed by atoms with van der Waals surface area (Å²) >= 11 is 0. The third kappa shape index (κ3) is 4.47. The Labute approximate surface area is 97.5 Å². The van der Waals surface area contributed by atoms with E-state index in [1.165, 1.54) is 0 Å². The number of hydrogen-bond donors (Lipinski definition) is 2. The van der Waals surface area contributed by atoms with Crippen LogP contribution in [0.1, 0.15) is 13.3 Å². The average molecular weight is 229 g/mol. The zero-order valence-corrected chi connectivity index (χ0v) is 10.3. The zero-order chi connectivity index (χ0) is 11.8. The second-order valence-electron chi connectivity index (χ2n) is 4.05. The van der Waals surface area contributed by atoms with Gasteiger partial charge in [-0.2, -0.15) is 0 Å². The minimum atomic E-state index is 0.0887. The van der Waals surface area contributed by atoms with E-state index in [2.05, 4.69) is 22.5 Å². The van der Waals surface area contributed by atoms with Gasteiger partial charge in [0, 0.05) is 26.2 Å². The standard InChI is InChI=1S/C11H23N3O2/c1-3-14(10-4-5-12-8-10)9-11(15)13-6-7-16-2/h10,12H,3-9H2,1-2H3,(H,13,15). The van der Waals surface area contributed by atoms with E-state index in [9.17, 15) is 4.79 Å². The first-order valence-corrected chi connectivity index (χ1v) is 5.98. The van der Waals surface area contributed by atoms with Crippen molar-refractivity contribution < 1.29 is 9.53 Å². The number of methoxy groups -OCH3 is 1. The van der Waals surface area contributed by atoms with Crippen LogP contribution >= 0.6 is 0 Å². The number of rotatable bonds is 7. The summed E-state index contributed by atoms with van der Waals surface area (Å²) in [5, 5.41) is 6.17. The fourth-order valence-electron chi connectivity index (χ4n) is 1.98. The van der Waals surface area contributed by atoms with Crippen molar-refractivity contribution in [3.05, 3.63) is 0 Å². The normalized spacial score (nSPS) is 20.3. The Kier molecular flexibility index (Phi) is 6.37. The SMILES string of the molecule is CCN(CC(=O)NCCOC)C1CCNC1.